The SMILES string of the molecule is O=C1CCC(Nc2cccc(CN3CCC(n4cc(NC(=O)c5coc(-c6ccnc(NCC(F)(F)F)c6)n5)c(C(F)F)n4)CC3)c2)C(=O)N1. The van der Waals surface area contributed by atoms with Crippen LogP contribution in [0.1, 0.15) is 59.9 Å². The lowest BCUT2D eigenvalue weighted by atomic mass is 10.0. The van der Waals surface area contributed by atoms with Crippen LogP contribution in [-0.2, 0) is 16.1 Å². The van der Waals surface area contributed by atoms with Crippen molar-refractivity contribution in [3.05, 3.63) is 72.0 Å². The molecule has 0 bridgehead atoms. The molecule has 3 amide bonds. The Kier molecular flexibility index (Phi) is 10.1. The van der Waals surface area contributed by atoms with E-state index < -0.39 is 36.8 Å². The van der Waals surface area contributed by atoms with Gasteiger partial charge in [0.05, 0.1) is 11.7 Å². The molecule has 4 aromatic rings. The van der Waals surface area contributed by atoms with Crippen molar-refractivity contribution >= 4 is 34.9 Å². The van der Waals surface area contributed by atoms with Gasteiger partial charge in [0.2, 0.25) is 17.7 Å². The number of halogens is 5. The van der Waals surface area contributed by atoms with E-state index in [1.807, 2.05) is 24.3 Å². The van der Waals surface area contributed by atoms with Gasteiger partial charge in [-0.25, -0.2) is 18.7 Å². The number of benzene rings is 1. The third-order valence-corrected chi connectivity index (χ3v) is 8.27. The average Bonchev–Trinajstić information content (AvgIpc) is 3.74. The molecule has 0 radical (unpaired) electrons. The first-order chi connectivity index (χ1) is 23.9. The van der Waals surface area contributed by atoms with E-state index in [9.17, 15) is 36.3 Å². The van der Waals surface area contributed by atoms with Gasteiger partial charge in [-0.05, 0) is 49.1 Å². The van der Waals surface area contributed by atoms with Crippen LogP contribution in [-0.4, -0.2) is 74.2 Å². The predicted molar refractivity (Wildman–Crippen MR) is 169 cm³/mol. The van der Waals surface area contributed by atoms with Gasteiger partial charge in [-0.1, -0.05) is 12.1 Å². The Morgan fingerprint density at radius 2 is 1.90 bits per heavy atom. The number of carbonyl (C=O) groups is 3. The van der Waals surface area contributed by atoms with E-state index in [1.54, 1.807) is 0 Å². The zero-order chi connectivity index (χ0) is 35.4. The Bertz CT molecular complexity index is 1850. The predicted octanol–water partition coefficient (Wildman–Crippen LogP) is 5.15. The van der Waals surface area contributed by atoms with Gasteiger partial charge in [0.15, 0.2) is 11.4 Å². The Labute approximate surface area is 281 Å². The number of imide groups is 1. The van der Waals surface area contributed by atoms with Gasteiger partial charge >= 0.3 is 6.18 Å². The molecule has 13 nitrogen and oxygen atoms in total. The van der Waals surface area contributed by atoms with E-state index in [4.69, 9.17) is 4.42 Å². The molecule has 2 fully saturated rings. The van der Waals surface area contributed by atoms with Crippen LogP contribution < -0.4 is 21.3 Å². The smallest absolute Gasteiger partial charge is 0.405 e. The van der Waals surface area contributed by atoms with Gasteiger partial charge < -0.3 is 20.4 Å². The second kappa shape index (κ2) is 14.6. The van der Waals surface area contributed by atoms with Crippen molar-refractivity contribution in [3.8, 4) is 11.5 Å². The van der Waals surface area contributed by atoms with Crippen LogP contribution in [0.15, 0.2) is 59.5 Å². The Hall–Kier alpha value is -5.39. The summed E-state index contributed by atoms with van der Waals surface area (Å²) in [6, 6.07) is 9.68. The Morgan fingerprint density at radius 3 is 2.64 bits per heavy atom. The lowest BCUT2D eigenvalue weighted by molar-refractivity contribution is -0.133. The fourth-order valence-electron chi connectivity index (χ4n) is 5.79. The number of hydrogen-bond acceptors (Lipinski definition) is 10. The van der Waals surface area contributed by atoms with Crippen molar-refractivity contribution in [1.29, 1.82) is 0 Å². The van der Waals surface area contributed by atoms with Crippen molar-refractivity contribution in [3.63, 3.8) is 0 Å². The molecule has 0 saturated carbocycles. The van der Waals surface area contributed by atoms with Crippen molar-refractivity contribution in [2.75, 3.05) is 35.6 Å². The number of pyridine rings is 1. The normalized spacial score (nSPS) is 17.5. The first kappa shape index (κ1) is 34.5. The van der Waals surface area contributed by atoms with E-state index in [1.165, 1.54) is 29.2 Å². The van der Waals surface area contributed by atoms with E-state index in [2.05, 4.69) is 41.2 Å². The van der Waals surface area contributed by atoms with Gasteiger partial charge in [0, 0.05) is 49.7 Å². The fourth-order valence-corrected chi connectivity index (χ4v) is 5.79. The molecule has 4 N–H and O–H groups in total. The lowest BCUT2D eigenvalue weighted by Gasteiger charge is -2.32. The van der Waals surface area contributed by atoms with Crippen LogP contribution >= 0.6 is 0 Å². The molecule has 1 unspecified atom stereocenters. The molecule has 264 valence electrons. The Balaban J connectivity index is 1.05. The standard InChI is InChI=1S/C32H32F5N9O4/c33-28(34)27-23(41-30(49)24-16-50-31(42-24)19-6-9-38-25(13-19)39-17-32(35,36)37)15-46(44-27)21-7-10-45(11-8-21)14-18-2-1-3-20(12-18)40-22-4-5-26(47)43-29(22)48/h1-3,6,9,12-13,15-16,21-22,28,40H,4-5,7-8,10-11,14,17H2,(H,38,39)(H,41,49)(H,43,47,48). The molecular weight excluding hydrogens is 669 g/mol. The molecule has 2 aliphatic heterocycles. The summed E-state index contributed by atoms with van der Waals surface area (Å²) in [5.41, 5.74) is 1.01. The molecule has 1 aromatic carbocycles. The van der Waals surface area contributed by atoms with Crippen LogP contribution in [0.4, 0.5) is 39.1 Å². The van der Waals surface area contributed by atoms with E-state index in [0.29, 0.717) is 38.9 Å². The maximum Gasteiger partial charge on any atom is 0.405 e. The van der Waals surface area contributed by atoms with E-state index >= 15 is 0 Å². The number of oxazole rings is 1. The second-order valence-electron chi connectivity index (χ2n) is 12.0. The maximum absolute atomic E-state index is 14.0. The summed E-state index contributed by atoms with van der Waals surface area (Å²) in [6.45, 7) is 0.644. The van der Waals surface area contributed by atoms with Crippen LogP contribution in [0.3, 0.4) is 0 Å². The highest BCUT2D eigenvalue weighted by atomic mass is 19.4. The number of nitrogens with zero attached hydrogens (tertiary/aromatic N) is 5. The van der Waals surface area contributed by atoms with Crippen molar-refractivity contribution in [2.24, 2.45) is 0 Å². The van der Waals surface area contributed by atoms with Crippen LogP contribution in [0.2, 0.25) is 0 Å². The molecule has 1 atom stereocenters. The minimum atomic E-state index is -4.46. The number of carbonyl (C=O) groups excluding carboxylic acids is 3. The van der Waals surface area contributed by atoms with Gasteiger partial charge in [-0.15, -0.1) is 0 Å². The molecule has 3 aromatic heterocycles. The number of rotatable bonds is 11. The summed E-state index contributed by atoms with van der Waals surface area (Å²) in [6.07, 6.45) is -1.88. The van der Waals surface area contributed by atoms with Crippen LogP contribution in [0, 0.1) is 0 Å². The topological polar surface area (TPSA) is 159 Å². The highest BCUT2D eigenvalue weighted by Crippen LogP contribution is 2.31. The Morgan fingerprint density at radius 1 is 1.10 bits per heavy atom. The van der Waals surface area contributed by atoms with Crippen LogP contribution in [0.25, 0.3) is 11.5 Å². The van der Waals surface area contributed by atoms with Gasteiger partial charge in [-0.2, -0.15) is 18.3 Å². The quantitative estimate of drug-likeness (QED) is 0.122. The van der Waals surface area contributed by atoms with Crippen molar-refractivity contribution in [1.82, 2.24) is 30.0 Å². The number of likely N-dealkylation sites (tertiary alicyclic amines) is 1. The first-order valence-electron chi connectivity index (χ1n) is 15.7. The number of nitrogens with one attached hydrogen (secondary N) is 4. The third-order valence-electron chi connectivity index (χ3n) is 8.27. The number of aromatic nitrogens is 4. The molecular formula is C32H32F5N9O4. The molecule has 18 heteroatoms. The molecule has 50 heavy (non-hydrogen) atoms. The van der Waals surface area contributed by atoms with Gasteiger partial charge in [0.1, 0.15) is 24.7 Å². The number of piperidine rings is 2. The van der Waals surface area contributed by atoms with Gasteiger partial charge in [0.25, 0.3) is 12.3 Å². The summed E-state index contributed by atoms with van der Waals surface area (Å²) >= 11 is 0. The summed E-state index contributed by atoms with van der Waals surface area (Å²) in [7, 11) is 0. The molecule has 5 heterocycles. The van der Waals surface area contributed by atoms with Crippen molar-refractivity contribution in [2.45, 2.75) is 56.9 Å². The van der Waals surface area contributed by atoms with E-state index in [-0.39, 0.29) is 52.9 Å². The molecule has 2 aliphatic rings. The number of alkyl halides is 5. The van der Waals surface area contributed by atoms with Gasteiger partial charge in [-0.3, -0.25) is 29.3 Å². The molecule has 0 spiro atoms. The highest BCUT2D eigenvalue weighted by molar-refractivity contribution is 6.03. The average molecular weight is 702 g/mol. The van der Waals surface area contributed by atoms with E-state index in [0.717, 1.165) is 17.5 Å². The maximum atomic E-state index is 14.0. The fraction of sp³-hybridized carbons (Fsp3) is 0.375. The molecule has 2 saturated heterocycles. The summed E-state index contributed by atoms with van der Waals surface area (Å²) in [4.78, 5) is 46.6. The summed E-state index contributed by atoms with van der Waals surface area (Å²) in [5.74, 6) is -1.63. The summed E-state index contributed by atoms with van der Waals surface area (Å²) in [5, 5.41) is 14.2. The number of amides is 3. The zero-order valence-electron chi connectivity index (χ0n) is 26.3. The van der Waals surface area contributed by atoms with Crippen LogP contribution in [0.5, 0.6) is 0 Å². The third kappa shape index (κ3) is 8.60. The molecule has 0 aliphatic carbocycles. The van der Waals surface area contributed by atoms with Crippen molar-refractivity contribution < 1.29 is 40.8 Å². The first-order valence-corrected chi connectivity index (χ1v) is 15.7. The largest absolute Gasteiger partial charge is 0.444 e. The zero-order valence-corrected chi connectivity index (χ0v) is 26.3. The highest BCUT2D eigenvalue weighted by Gasteiger charge is 2.29. The summed E-state index contributed by atoms with van der Waals surface area (Å²) < 4.78 is 72.4. The number of anilines is 3. The monoisotopic (exact) mass is 701 g/mol. The minimum absolute atomic E-state index is 0.0820. The lowest BCUT2D eigenvalue weighted by Crippen LogP contribution is -2.47. The minimum Gasteiger partial charge on any atom is -0.444 e. The second-order valence-corrected chi connectivity index (χ2v) is 12.0. The molecule has 6 rings (SSSR count). The number of hydrogen-bond donors (Lipinski definition) is 4.